The summed E-state index contributed by atoms with van der Waals surface area (Å²) >= 11 is 1.28. The maximum atomic E-state index is 12.4. The topological polar surface area (TPSA) is 76.0 Å². The normalized spacial score (nSPS) is 20.1. The van der Waals surface area contributed by atoms with E-state index in [1.165, 1.54) is 11.8 Å². The van der Waals surface area contributed by atoms with Crippen molar-refractivity contribution >= 4 is 29.3 Å². The molecule has 0 aliphatic carbocycles. The fraction of sp³-hybridized carbons (Fsp3) is 0.267. The van der Waals surface area contributed by atoms with Gasteiger partial charge in [0.15, 0.2) is 4.75 Å². The number of nitrogens with zero attached hydrogens (tertiary/aromatic N) is 2. The van der Waals surface area contributed by atoms with Gasteiger partial charge in [-0.3, -0.25) is 14.3 Å². The minimum absolute atomic E-state index is 0.295. The summed E-state index contributed by atoms with van der Waals surface area (Å²) in [6.45, 7) is 2.63. The molecule has 2 N–H and O–H groups in total. The van der Waals surface area contributed by atoms with Crippen LogP contribution >= 0.6 is 11.8 Å². The second kappa shape index (κ2) is 5.84. The quantitative estimate of drug-likeness (QED) is 0.838. The molecule has 0 spiro atoms. The summed E-state index contributed by atoms with van der Waals surface area (Å²) in [5.74, 6) is -0.593. The summed E-state index contributed by atoms with van der Waals surface area (Å²) < 4.78 is 0.560. The van der Waals surface area contributed by atoms with E-state index in [1.54, 1.807) is 17.8 Å². The Hall–Kier alpha value is -2.28. The van der Waals surface area contributed by atoms with Gasteiger partial charge < -0.3 is 10.6 Å². The van der Waals surface area contributed by atoms with E-state index in [0.29, 0.717) is 13.1 Å². The number of anilines is 1. The maximum absolute atomic E-state index is 12.4. The summed E-state index contributed by atoms with van der Waals surface area (Å²) in [5.41, 5.74) is 0.749. The van der Waals surface area contributed by atoms with E-state index in [0.717, 1.165) is 10.6 Å². The molecule has 1 aliphatic rings. The zero-order chi connectivity index (χ0) is 15.6. The van der Waals surface area contributed by atoms with Gasteiger partial charge in [-0.05, 0) is 25.1 Å². The molecule has 0 fully saturated rings. The fourth-order valence-corrected chi connectivity index (χ4v) is 3.33. The van der Waals surface area contributed by atoms with Gasteiger partial charge in [0.2, 0.25) is 11.8 Å². The smallest absolute Gasteiger partial charge is 0.250 e. The second-order valence-corrected chi connectivity index (χ2v) is 6.57. The van der Waals surface area contributed by atoms with Crippen molar-refractivity contribution in [2.75, 3.05) is 11.9 Å². The van der Waals surface area contributed by atoms with Crippen LogP contribution in [-0.4, -0.2) is 32.9 Å². The molecule has 1 unspecified atom stereocenters. The third-order valence-electron chi connectivity index (χ3n) is 3.50. The van der Waals surface area contributed by atoms with E-state index in [9.17, 15) is 9.59 Å². The van der Waals surface area contributed by atoms with Gasteiger partial charge in [0, 0.05) is 23.8 Å². The molecular formula is C15H16N4O2S. The largest absolute Gasteiger partial charge is 0.353 e. The van der Waals surface area contributed by atoms with Crippen LogP contribution in [0.25, 0.3) is 0 Å². The monoisotopic (exact) mass is 316 g/mol. The van der Waals surface area contributed by atoms with Crippen molar-refractivity contribution in [3.05, 3.63) is 42.7 Å². The maximum Gasteiger partial charge on any atom is 0.250 e. The number of carbonyl (C=O) groups excluding carboxylic acids is 2. The molecule has 0 saturated carbocycles. The third kappa shape index (κ3) is 2.71. The van der Waals surface area contributed by atoms with E-state index >= 15 is 0 Å². The first-order valence-electron chi connectivity index (χ1n) is 6.95. The van der Waals surface area contributed by atoms with Gasteiger partial charge in [-0.15, -0.1) is 0 Å². The molecule has 22 heavy (non-hydrogen) atoms. The molecule has 114 valence electrons. The lowest BCUT2D eigenvalue weighted by molar-refractivity contribution is -0.129. The van der Waals surface area contributed by atoms with Crippen molar-refractivity contribution in [1.82, 2.24) is 15.1 Å². The van der Waals surface area contributed by atoms with Crippen LogP contribution in [0.4, 0.5) is 5.69 Å². The Balaban J connectivity index is 1.67. The van der Waals surface area contributed by atoms with E-state index in [1.807, 2.05) is 36.5 Å². The van der Waals surface area contributed by atoms with Gasteiger partial charge in [-0.2, -0.15) is 5.10 Å². The predicted molar refractivity (Wildman–Crippen MR) is 84.6 cm³/mol. The number of carbonyl (C=O) groups is 2. The van der Waals surface area contributed by atoms with Crippen LogP contribution in [-0.2, 0) is 16.1 Å². The Morgan fingerprint density at radius 2 is 2.23 bits per heavy atom. The molecule has 2 amide bonds. The van der Waals surface area contributed by atoms with E-state index in [4.69, 9.17) is 0 Å². The Morgan fingerprint density at radius 1 is 1.41 bits per heavy atom. The minimum atomic E-state index is -1.17. The first-order valence-corrected chi connectivity index (χ1v) is 7.76. The zero-order valence-corrected chi connectivity index (χ0v) is 12.9. The second-order valence-electron chi connectivity index (χ2n) is 5.11. The summed E-state index contributed by atoms with van der Waals surface area (Å²) in [4.78, 5) is 25.6. The summed E-state index contributed by atoms with van der Waals surface area (Å²) in [6.07, 6.45) is 3.51. The molecule has 1 aromatic carbocycles. The van der Waals surface area contributed by atoms with Crippen molar-refractivity contribution < 1.29 is 9.59 Å². The van der Waals surface area contributed by atoms with Gasteiger partial charge in [0.1, 0.15) is 0 Å². The van der Waals surface area contributed by atoms with Crippen LogP contribution in [0.5, 0.6) is 0 Å². The highest BCUT2D eigenvalue weighted by Gasteiger charge is 2.45. The van der Waals surface area contributed by atoms with E-state index in [-0.39, 0.29) is 11.8 Å². The average Bonchev–Trinajstić information content (AvgIpc) is 3.01. The molecule has 2 heterocycles. The lowest BCUT2D eigenvalue weighted by Gasteiger charge is -2.31. The van der Waals surface area contributed by atoms with Crippen molar-refractivity contribution in [1.29, 1.82) is 0 Å². The molecule has 1 atom stereocenters. The van der Waals surface area contributed by atoms with Crippen molar-refractivity contribution in [2.45, 2.75) is 23.1 Å². The van der Waals surface area contributed by atoms with Gasteiger partial charge in [-0.1, -0.05) is 23.9 Å². The van der Waals surface area contributed by atoms with Crippen LogP contribution < -0.4 is 10.6 Å². The van der Waals surface area contributed by atoms with Crippen molar-refractivity contribution in [2.24, 2.45) is 0 Å². The lowest BCUT2D eigenvalue weighted by Crippen LogP contribution is -2.52. The Kier molecular flexibility index (Phi) is 3.89. The number of hydrogen-bond donors (Lipinski definition) is 2. The van der Waals surface area contributed by atoms with Crippen LogP contribution in [0.2, 0.25) is 0 Å². The van der Waals surface area contributed by atoms with Gasteiger partial charge in [0.05, 0.1) is 12.2 Å². The van der Waals surface area contributed by atoms with Crippen LogP contribution in [0, 0.1) is 0 Å². The molecule has 7 heteroatoms. The molecular weight excluding hydrogens is 300 g/mol. The van der Waals surface area contributed by atoms with Crippen molar-refractivity contribution in [3.63, 3.8) is 0 Å². The SMILES string of the molecule is CC1(C(=O)NCCn2cccn2)Sc2ccccc2NC1=O. The van der Waals surface area contributed by atoms with Crippen LogP contribution in [0.15, 0.2) is 47.6 Å². The van der Waals surface area contributed by atoms with Crippen LogP contribution in [0.3, 0.4) is 0 Å². The number of rotatable bonds is 4. The molecule has 6 nitrogen and oxygen atoms in total. The molecule has 2 aromatic rings. The number of aromatic nitrogens is 2. The van der Waals surface area contributed by atoms with E-state index < -0.39 is 4.75 Å². The van der Waals surface area contributed by atoms with Gasteiger partial charge in [0.25, 0.3) is 0 Å². The molecule has 0 radical (unpaired) electrons. The number of hydrogen-bond acceptors (Lipinski definition) is 4. The number of para-hydroxylation sites is 1. The lowest BCUT2D eigenvalue weighted by atomic mass is 10.1. The van der Waals surface area contributed by atoms with E-state index in [2.05, 4.69) is 15.7 Å². The van der Waals surface area contributed by atoms with Gasteiger partial charge in [-0.25, -0.2) is 0 Å². The highest BCUT2D eigenvalue weighted by Crippen LogP contribution is 2.42. The van der Waals surface area contributed by atoms with Gasteiger partial charge >= 0.3 is 0 Å². The number of fused-ring (bicyclic) bond motifs is 1. The zero-order valence-electron chi connectivity index (χ0n) is 12.1. The highest BCUT2D eigenvalue weighted by molar-refractivity contribution is 8.02. The molecule has 1 aromatic heterocycles. The predicted octanol–water partition coefficient (Wildman–Crippen LogP) is 1.50. The summed E-state index contributed by atoms with van der Waals surface area (Å²) in [7, 11) is 0. The Bertz CT molecular complexity index is 701. The standard InChI is InChI=1S/C15H16N4O2S/c1-15(13(20)16-8-10-19-9-4-7-17-19)14(21)18-11-5-2-3-6-12(11)22-15/h2-7,9H,8,10H2,1H3,(H,16,20)(H,18,21). The third-order valence-corrected chi connectivity index (χ3v) is 4.86. The number of nitrogens with one attached hydrogen (secondary N) is 2. The number of amides is 2. The highest BCUT2D eigenvalue weighted by atomic mass is 32.2. The first-order chi connectivity index (χ1) is 10.6. The minimum Gasteiger partial charge on any atom is -0.353 e. The number of benzene rings is 1. The van der Waals surface area contributed by atoms with Crippen molar-refractivity contribution in [3.8, 4) is 0 Å². The summed E-state index contributed by atoms with van der Waals surface area (Å²) in [5, 5.41) is 9.68. The van der Waals surface area contributed by atoms with Crippen LogP contribution in [0.1, 0.15) is 6.92 Å². The average molecular weight is 316 g/mol. The Labute approximate surface area is 132 Å². The fourth-order valence-electron chi connectivity index (χ4n) is 2.20. The molecule has 1 aliphatic heterocycles. The molecule has 3 rings (SSSR count). The summed E-state index contributed by atoms with van der Waals surface area (Å²) in [6, 6.07) is 9.29. The molecule has 0 bridgehead atoms. The Morgan fingerprint density at radius 3 is 3.00 bits per heavy atom. The first kappa shape index (κ1) is 14.6. The molecule has 0 saturated heterocycles. The number of thioether (sulfide) groups is 1.